The molecule has 9 heteroatoms. The molecule has 27 heavy (non-hydrogen) atoms. The first kappa shape index (κ1) is 18.4. The van der Waals surface area contributed by atoms with Crippen molar-refractivity contribution in [1.29, 1.82) is 10.7 Å². The van der Waals surface area contributed by atoms with Crippen LogP contribution >= 0.6 is 0 Å². The Bertz CT molecular complexity index is 1050. The lowest BCUT2D eigenvalue weighted by Crippen LogP contribution is -2.35. The maximum absolute atomic E-state index is 13.1. The Hall–Kier alpha value is -3.38. The van der Waals surface area contributed by atoms with Crippen LogP contribution in [0.1, 0.15) is 12.5 Å². The Morgan fingerprint density at radius 1 is 1.30 bits per heavy atom. The number of benzene rings is 2. The number of nitrogens with zero attached hydrogens (tertiary/aromatic N) is 3. The standard InChI is InChI=1S/C18H18N6O2S/c1-12-10-13-4-2-3-5-17(13)24(12)27(25,26)15-8-6-14(7-9-15)22-23-16(11-19)18(20)21/h2-9,12,22H,10H2,1H3,(H3,20,21)/b23-16+. The number of fused-ring (bicyclic) bond motifs is 1. The summed E-state index contributed by atoms with van der Waals surface area (Å²) < 4.78 is 27.7. The van der Waals surface area contributed by atoms with Crippen molar-refractivity contribution in [2.24, 2.45) is 10.8 Å². The van der Waals surface area contributed by atoms with Gasteiger partial charge < -0.3 is 5.73 Å². The number of rotatable bonds is 5. The van der Waals surface area contributed by atoms with E-state index >= 15 is 0 Å². The minimum absolute atomic E-state index is 0.160. The highest BCUT2D eigenvalue weighted by Gasteiger charge is 2.35. The Kier molecular flexibility index (Phi) is 4.83. The Morgan fingerprint density at radius 2 is 1.96 bits per heavy atom. The van der Waals surface area contributed by atoms with E-state index in [4.69, 9.17) is 16.4 Å². The van der Waals surface area contributed by atoms with E-state index in [2.05, 4.69) is 10.5 Å². The maximum atomic E-state index is 13.1. The molecule has 0 aromatic heterocycles. The predicted molar refractivity (Wildman–Crippen MR) is 104 cm³/mol. The second kappa shape index (κ2) is 7.09. The van der Waals surface area contributed by atoms with Crippen molar-refractivity contribution in [3.05, 3.63) is 54.1 Å². The van der Waals surface area contributed by atoms with Gasteiger partial charge in [0.1, 0.15) is 6.07 Å². The van der Waals surface area contributed by atoms with Gasteiger partial charge >= 0.3 is 0 Å². The second-order valence-electron chi connectivity index (χ2n) is 6.10. The van der Waals surface area contributed by atoms with Crippen LogP contribution in [0.5, 0.6) is 0 Å². The molecule has 1 atom stereocenters. The molecule has 0 saturated carbocycles. The van der Waals surface area contributed by atoms with E-state index in [1.165, 1.54) is 28.6 Å². The maximum Gasteiger partial charge on any atom is 0.264 e. The van der Waals surface area contributed by atoms with Crippen LogP contribution in [0.15, 0.2) is 58.5 Å². The number of amidine groups is 1. The third-order valence-electron chi connectivity index (χ3n) is 4.21. The van der Waals surface area contributed by atoms with Gasteiger partial charge in [0.05, 0.1) is 16.3 Å². The van der Waals surface area contributed by atoms with Crippen molar-refractivity contribution in [3.8, 4) is 6.07 Å². The van der Waals surface area contributed by atoms with Gasteiger partial charge in [-0.25, -0.2) is 8.42 Å². The molecule has 0 saturated heterocycles. The van der Waals surface area contributed by atoms with Gasteiger partial charge in [-0.2, -0.15) is 10.4 Å². The molecule has 2 aromatic carbocycles. The summed E-state index contributed by atoms with van der Waals surface area (Å²) in [7, 11) is -3.70. The minimum Gasteiger partial charge on any atom is -0.382 e. The lowest BCUT2D eigenvalue weighted by atomic mass is 10.1. The first-order valence-corrected chi connectivity index (χ1v) is 9.59. The molecular formula is C18H18N6O2S. The van der Waals surface area contributed by atoms with E-state index < -0.39 is 15.9 Å². The smallest absolute Gasteiger partial charge is 0.264 e. The number of anilines is 2. The van der Waals surface area contributed by atoms with Crippen LogP contribution < -0.4 is 15.5 Å². The fraction of sp³-hybridized carbons (Fsp3) is 0.167. The summed E-state index contributed by atoms with van der Waals surface area (Å²) in [6.45, 7) is 1.88. The molecule has 3 rings (SSSR count). The number of hydrogen-bond acceptors (Lipinski definition) is 6. The van der Waals surface area contributed by atoms with Crippen molar-refractivity contribution in [2.45, 2.75) is 24.3 Å². The summed E-state index contributed by atoms with van der Waals surface area (Å²) in [5, 5.41) is 19.8. The Morgan fingerprint density at radius 3 is 2.59 bits per heavy atom. The predicted octanol–water partition coefficient (Wildman–Crippen LogP) is 2.05. The van der Waals surface area contributed by atoms with Gasteiger partial charge in [-0.15, -0.1) is 0 Å². The normalized spacial score (nSPS) is 16.5. The molecule has 138 valence electrons. The zero-order valence-corrected chi connectivity index (χ0v) is 15.4. The largest absolute Gasteiger partial charge is 0.382 e. The van der Waals surface area contributed by atoms with Gasteiger partial charge in [0.2, 0.25) is 5.71 Å². The average Bonchev–Trinajstić information content (AvgIpc) is 2.98. The molecule has 8 nitrogen and oxygen atoms in total. The van der Waals surface area contributed by atoms with Crippen LogP contribution in [0.3, 0.4) is 0 Å². The van der Waals surface area contributed by atoms with E-state index in [1.807, 2.05) is 31.2 Å². The van der Waals surface area contributed by atoms with Gasteiger partial charge in [0.25, 0.3) is 10.0 Å². The van der Waals surface area contributed by atoms with Gasteiger partial charge in [0.15, 0.2) is 5.84 Å². The van der Waals surface area contributed by atoms with Gasteiger partial charge in [-0.3, -0.25) is 15.1 Å². The summed E-state index contributed by atoms with van der Waals surface area (Å²) in [5.41, 5.74) is 9.73. The number of nitrogens with one attached hydrogen (secondary N) is 2. The fourth-order valence-corrected chi connectivity index (χ4v) is 4.68. The number of hydrazone groups is 1. The van der Waals surface area contributed by atoms with E-state index in [1.54, 1.807) is 6.07 Å². The summed E-state index contributed by atoms with van der Waals surface area (Å²) >= 11 is 0. The monoisotopic (exact) mass is 382 g/mol. The molecule has 0 radical (unpaired) electrons. The molecule has 2 aromatic rings. The molecule has 1 unspecified atom stereocenters. The average molecular weight is 382 g/mol. The number of hydrogen-bond donors (Lipinski definition) is 3. The van der Waals surface area contributed by atoms with Crippen LogP contribution in [-0.2, 0) is 16.4 Å². The van der Waals surface area contributed by atoms with Crippen molar-refractivity contribution < 1.29 is 8.42 Å². The van der Waals surface area contributed by atoms with E-state index in [0.717, 1.165) is 5.56 Å². The highest BCUT2D eigenvalue weighted by molar-refractivity contribution is 7.92. The quantitative estimate of drug-likeness (QED) is 0.413. The van der Waals surface area contributed by atoms with E-state index in [0.29, 0.717) is 17.8 Å². The zero-order valence-electron chi connectivity index (χ0n) is 14.5. The first-order chi connectivity index (χ1) is 12.8. The molecule has 0 fully saturated rings. The van der Waals surface area contributed by atoms with Crippen LogP contribution in [0.2, 0.25) is 0 Å². The zero-order chi connectivity index (χ0) is 19.6. The van der Waals surface area contributed by atoms with Crippen molar-refractivity contribution >= 4 is 32.9 Å². The van der Waals surface area contributed by atoms with Crippen LogP contribution in [0, 0.1) is 16.7 Å². The third kappa shape index (κ3) is 3.47. The third-order valence-corrected chi connectivity index (χ3v) is 6.16. The molecule has 4 N–H and O–H groups in total. The Balaban J connectivity index is 1.87. The van der Waals surface area contributed by atoms with Crippen molar-refractivity contribution in [1.82, 2.24) is 0 Å². The first-order valence-electron chi connectivity index (χ1n) is 8.15. The van der Waals surface area contributed by atoms with Crippen molar-refractivity contribution in [3.63, 3.8) is 0 Å². The van der Waals surface area contributed by atoms with E-state index in [-0.39, 0.29) is 16.6 Å². The lowest BCUT2D eigenvalue weighted by molar-refractivity contribution is 0.584. The molecular weight excluding hydrogens is 364 g/mol. The van der Waals surface area contributed by atoms with Crippen LogP contribution in [0.25, 0.3) is 0 Å². The van der Waals surface area contributed by atoms with Gasteiger partial charge in [-0.1, -0.05) is 18.2 Å². The Labute approximate surface area is 157 Å². The molecule has 0 bridgehead atoms. The summed E-state index contributed by atoms with van der Waals surface area (Å²) in [6, 6.07) is 15.0. The number of nitriles is 1. The summed E-state index contributed by atoms with van der Waals surface area (Å²) in [6.07, 6.45) is 0.672. The van der Waals surface area contributed by atoms with Gasteiger partial charge in [-0.05, 0) is 49.2 Å². The van der Waals surface area contributed by atoms with Crippen LogP contribution in [0.4, 0.5) is 11.4 Å². The van der Waals surface area contributed by atoms with Crippen molar-refractivity contribution in [2.75, 3.05) is 9.73 Å². The molecule has 1 heterocycles. The summed E-state index contributed by atoms with van der Waals surface area (Å²) in [5.74, 6) is -0.453. The second-order valence-corrected chi connectivity index (χ2v) is 7.92. The van der Waals surface area contributed by atoms with Crippen LogP contribution in [-0.4, -0.2) is 26.0 Å². The molecule has 0 spiro atoms. The lowest BCUT2D eigenvalue weighted by Gasteiger charge is -2.24. The fourth-order valence-electron chi connectivity index (χ4n) is 2.98. The topological polar surface area (TPSA) is 135 Å². The molecule has 1 aliphatic rings. The molecule has 0 aliphatic carbocycles. The molecule has 0 amide bonds. The highest BCUT2D eigenvalue weighted by Crippen LogP contribution is 2.36. The minimum atomic E-state index is -3.70. The number of sulfonamides is 1. The number of para-hydroxylation sites is 1. The highest BCUT2D eigenvalue weighted by atomic mass is 32.2. The van der Waals surface area contributed by atoms with E-state index in [9.17, 15) is 8.42 Å². The van der Waals surface area contributed by atoms with Gasteiger partial charge in [0, 0.05) is 6.04 Å². The molecule has 1 aliphatic heterocycles. The number of nitrogens with two attached hydrogens (primary N) is 1. The summed E-state index contributed by atoms with van der Waals surface area (Å²) in [4.78, 5) is 0.160. The SMILES string of the molecule is CC1Cc2ccccc2N1S(=O)(=O)c1ccc(N/N=C(\C#N)C(=N)N)cc1.